The number of carbonyl (C=O) groups excluding carboxylic acids is 2. The molecule has 0 bridgehead atoms. The van der Waals surface area contributed by atoms with Crippen LogP contribution in [0.25, 0.3) is 0 Å². The second kappa shape index (κ2) is 14.1. The molecule has 0 aliphatic carbocycles. The molecule has 0 aliphatic heterocycles. The fourth-order valence-electron chi connectivity index (χ4n) is 4.11. The zero-order valence-electron chi connectivity index (χ0n) is 22.2. The van der Waals surface area contributed by atoms with Gasteiger partial charge in [-0.1, -0.05) is 59.9 Å². The summed E-state index contributed by atoms with van der Waals surface area (Å²) in [4.78, 5) is 28.1. The van der Waals surface area contributed by atoms with Gasteiger partial charge in [-0.3, -0.25) is 13.9 Å². The van der Waals surface area contributed by atoms with Gasteiger partial charge < -0.3 is 15.0 Å². The molecule has 0 aliphatic rings. The van der Waals surface area contributed by atoms with E-state index in [4.69, 9.17) is 39.5 Å². The van der Waals surface area contributed by atoms with Crippen LogP contribution < -0.4 is 14.4 Å². The van der Waals surface area contributed by atoms with Crippen LogP contribution >= 0.6 is 34.8 Å². The minimum atomic E-state index is -4.28. The van der Waals surface area contributed by atoms with Crippen LogP contribution in [0.3, 0.4) is 0 Å². The number of para-hydroxylation sites is 2. The summed E-state index contributed by atoms with van der Waals surface area (Å²) >= 11 is 18.5. The number of likely N-dealkylation sites (N-methyl/N-ethyl adjacent to an activating group) is 1. The summed E-state index contributed by atoms with van der Waals surface area (Å²) in [5, 5.41) is 3.67. The van der Waals surface area contributed by atoms with E-state index in [2.05, 4.69) is 5.32 Å². The standard InChI is InChI=1S/C28H30Cl3N3O5S/c1-4-24(28(36)32-3)33(17-19-10-11-21(30)16-23(19)31)27(35)18-34(25-8-6-7-9-26(25)39-5-2)40(37,38)22-14-12-20(29)13-15-22/h6-16,24H,4-5,17-18H2,1-3H3,(H,32,36)/t24-/m0/s1. The smallest absolute Gasteiger partial charge is 0.264 e. The lowest BCUT2D eigenvalue weighted by atomic mass is 10.1. The van der Waals surface area contributed by atoms with Gasteiger partial charge in [-0.2, -0.15) is 0 Å². The van der Waals surface area contributed by atoms with Crippen molar-refractivity contribution in [1.82, 2.24) is 10.2 Å². The molecule has 0 radical (unpaired) electrons. The van der Waals surface area contributed by atoms with Gasteiger partial charge in [0.1, 0.15) is 18.3 Å². The predicted octanol–water partition coefficient (Wildman–Crippen LogP) is 5.79. The second-order valence-electron chi connectivity index (χ2n) is 8.66. The summed E-state index contributed by atoms with van der Waals surface area (Å²) in [5.74, 6) is -0.742. The van der Waals surface area contributed by atoms with E-state index in [0.29, 0.717) is 20.6 Å². The Morgan fingerprint density at radius 3 is 2.20 bits per heavy atom. The number of amides is 2. The lowest BCUT2D eigenvalue weighted by Crippen LogP contribution is -2.51. The molecular weight excluding hydrogens is 597 g/mol. The van der Waals surface area contributed by atoms with Crippen LogP contribution in [-0.2, 0) is 26.2 Å². The molecular formula is C28H30Cl3N3O5S. The lowest BCUT2D eigenvalue weighted by molar-refractivity contribution is -0.140. The molecule has 0 aromatic heterocycles. The molecule has 0 heterocycles. The molecule has 8 nitrogen and oxygen atoms in total. The minimum Gasteiger partial charge on any atom is -0.492 e. The third-order valence-corrected chi connectivity index (χ3v) is 8.72. The Kier molecular flexibility index (Phi) is 11.1. The maximum atomic E-state index is 14.0. The minimum absolute atomic E-state index is 0.0529. The molecule has 0 saturated carbocycles. The van der Waals surface area contributed by atoms with E-state index >= 15 is 0 Å². The molecule has 1 N–H and O–H groups in total. The van der Waals surface area contributed by atoms with Crippen molar-refractivity contribution in [3.05, 3.63) is 87.4 Å². The largest absolute Gasteiger partial charge is 0.492 e. The van der Waals surface area contributed by atoms with E-state index in [9.17, 15) is 18.0 Å². The van der Waals surface area contributed by atoms with Crippen LogP contribution in [0.1, 0.15) is 25.8 Å². The number of rotatable bonds is 12. The Morgan fingerprint density at radius 2 is 1.60 bits per heavy atom. The first-order valence-electron chi connectivity index (χ1n) is 12.5. The van der Waals surface area contributed by atoms with Gasteiger partial charge in [-0.05, 0) is 67.4 Å². The molecule has 3 aromatic rings. The van der Waals surface area contributed by atoms with E-state index in [0.717, 1.165) is 4.31 Å². The van der Waals surface area contributed by atoms with Crippen LogP contribution in [0.5, 0.6) is 5.75 Å². The van der Waals surface area contributed by atoms with E-state index < -0.39 is 34.4 Å². The Bertz CT molecular complexity index is 1450. The number of benzene rings is 3. The number of nitrogens with one attached hydrogen (secondary N) is 1. The monoisotopic (exact) mass is 625 g/mol. The quantitative estimate of drug-likeness (QED) is 0.274. The first-order chi connectivity index (χ1) is 19.0. The van der Waals surface area contributed by atoms with Crippen molar-refractivity contribution in [3.63, 3.8) is 0 Å². The average molecular weight is 627 g/mol. The van der Waals surface area contributed by atoms with Crippen LogP contribution in [0.2, 0.25) is 15.1 Å². The van der Waals surface area contributed by atoms with E-state index in [1.165, 1.54) is 42.3 Å². The highest BCUT2D eigenvalue weighted by Crippen LogP contribution is 2.33. The summed E-state index contributed by atoms with van der Waals surface area (Å²) in [7, 11) is -2.81. The van der Waals surface area contributed by atoms with Crippen molar-refractivity contribution in [1.29, 1.82) is 0 Å². The average Bonchev–Trinajstić information content (AvgIpc) is 2.93. The number of hydrogen-bond donors (Lipinski definition) is 1. The van der Waals surface area contributed by atoms with Crippen LogP contribution in [-0.4, -0.2) is 51.4 Å². The van der Waals surface area contributed by atoms with E-state index in [1.54, 1.807) is 50.2 Å². The number of anilines is 1. The van der Waals surface area contributed by atoms with Gasteiger partial charge in [0.25, 0.3) is 10.0 Å². The number of hydrogen-bond acceptors (Lipinski definition) is 5. The molecule has 3 aromatic carbocycles. The summed E-state index contributed by atoms with van der Waals surface area (Å²) in [6.07, 6.45) is 0.274. The van der Waals surface area contributed by atoms with Crippen molar-refractivity contribution >= 4 is 62.3 Å². The first-order valence-corrected chi connectivity index (χ1v) is 15.1. The van der Waals surface area contributed by atoms with Gasteiger partial charge in [-0.15, -0.1) is 0 Å². The van der Waals surface area contributed by atoms with Gasteiger partial charge in [0.2, 0.25) is 11.8 Å². The number of ether oxygens (including phenoxy) is 1. The highest BCUT2D eigenvalue weighted by atomic mass is 35.5. The summed E-state index contributed by atoms with van der Waals surface area (Å²) in [6.45, 7) is 3.13. The van der Waals surface area contributed by atoms with Crippen molar-refractivity contribution in [3.8, 4) is 5.75 Å². The normalized spacial score (nSPS) is 11.9. The number of carbonyl (C=O) groups is 2. The van der Waals surface area contributed by atoms with Crippen molar-refractivity contribution < 1.29 is 22.7 Å². The molecule has 0 fully saturated rings. The summed E-state index contributed by atoms with van der Waals surface area (Å²) in [5.41, 5.74) is 0.716. The van der Waals surface area contributed by atoms with Crippen LogP contribution in [0.15, 0.2) is 71.6 Å². The number of sulfonamides is 1. The van der Waals surface area contributed by atoms with Crippen LogP contribution in [0, 0.1) is 0 Å². The fraction of sp³-hybridized carbons (Fsp3) is 0.286. The molecule has 40 heavy (non-hydrogen) atoms. The van der Waals surface area contributed by atoms with Gasteiger partial charge >= 0.3 is 0 Å². The van der Waals surface area contributed by atoms with Crippen molar-refractivity contribution in [2.45, 2.75) is 37.8 Å². The van der Waals surface area contributed by atoms with Gasteiger partial charge in [0, 0.05) is 28.7 Å². The molecule has 1 atom stereocenters. The topological polar surface area (TPSA) is 96.0 Å². The predicted molar refractivity (Wildman–Crippen MR) is 159 cm³/mol. The summed E-state index contributed by atoms with van der Waals surface area (Å²) in [6, 6.07) is 16.1. The Balaban J connectivity index is 2.13. The number of nitrogens with zero attached hydrogens (tertiary/aromatic N) is 2. The van der Waals surface area contributed by atoms with Crippen LogP contribution in [0.4, 0.5) is 5.69 Å². The van der Waals surface area contributed by atoms with Crippen molar-refractivity contribution in [2.75, 3.05) is 24.5 Å². The number of halogens is 3. The second-order valence-corrected chi connectivity index (χ2v) is 11.8. The maximum Gasteiger partial charge on any atom is 0.264 e. The maximum absolute atomic E-state index is 14.0. The van der Waals surface area contributed by atoms with Gasteiger partial charge in [0.15, 0.2) is 0 Å². The van der Waals surface area contributed by atoms with Gasteiger partial charge in [0.05, 0.1) is 17.2 Å². The first kappa shape index (κ1) is 31.5. The molecule has 0 spiro atoms. The van der Waals surface area contributed by atoms with Crippen molar-refractivity contribution in [2.24, 2.45) is 0 Å². The molecule has 3 rings (SSSR count). The Hall–Kier alpha value is -2.98. The SMILES string of the molecule is CCOc1ccccc1N(CC(=O)N(Cc1ccc(Cl)cc1Cl)[C@@H](CC)C(=O)NC)S(=O)(=O)c1ccc(Cl)cc1. The lowest BCUT2D eigenvalue weighted by Gasteiger charge is -2.33. The Labute approximate surface area is 249 Å². The fourth-order valence-corrected chi connectivity index (χ4v) is 6.13. The Morgan fingerprint density at radius 1 is 0.950 bits per heavy atom. The van der Waals surface area contributed by atoms with E-state index in [-0.39, 0.29) is 35.9 Å². The third-order valence-electron chi connectivity index (χ3n) is 6.10. The third kappa shape index (κ3) is 7.40. The summed E-state index contributed by atoms with van der Waals surface area (Å²) < 4.78 is 34.7. The molecule has 0 unspecified atom stereocenters. The molecule has 12 heteroatoms. The molecule has 0 saturated heterocycles. The molecule has 2 amide bonds. The molecule has 214 valence electrons. The highest BCUT2D eigenvalue weighted by Gasteiger charge is 2.34. The zero-order valence-corrected chi connectivity index (χ0v) is 25.3. The van der Waals surface area contributed by atoms with E-state index in [1.807, 2.05) is 0 Å². The zero-order chi connectivity index (χ0) is 29.4. The van der Waals surface area contributed by atoms with Gasteiger partial charge in [-0.25, -0.2) is 8.42 Å². The highest BCUT2D eigenvalue weighted by molar-refractivity contribution is 7.92.